The number of halogens is 1. The fraction of sp³-hybridized carbons (Fsp3) is 0.474. The number of likely N-dealkylation sites (tertiary alicyclic amines) is 1. The van der Waals surface area contributed by atoms with E-state index in [9.17, 15) is 9.18 Å². The van der Waals surface area contributed by atoms with Crippen molar-refractivity contribution in [3.05, 3.63) is 45.7 Å². The third kappa shape index (κ3) is 3.03. The maximum absolute atomic E-state index is 13.1. The van der Waals surface area contributed by atoms with Crippen molar-refractivity contribution in [3.8, 4) is 5.75 Å². The SMILES string of the molecule is Cc1nc(C)c(C(=O)N2C3CCC(C3)[C@@H]2COc2ccc(F)cc2)s1. The van der Waals surface area contributed by atoms with Crippen LogP contribution in [0, 0.1) is 25.6 Å². The summed E-state index contributed by atoms with van der Waals surface area (Å²) >= 11 is 1.47. The molecule has 1 aromatic carbocycles. The average Bonchev–Trinajstić information content (AvgIpc) is 3.28. The highest BCUT2D eigenvalue weighted by Crippen LogP contribution is 2.43. The largest absolute Gasteiger partial charge is 0.491 e. The van der Waals surface area contributed by atoms with Crippen LogP contribution in [0.3, 0.4) is 0 Å². The number of carbonyl (C=O) groups excluding carboxylic acids is 1. The molecule has 0 radical (unpaired) electrons. The number of rotatable bonds is 4. The van der Waals surface area contributed by atoms with Crippen molar-refractivity contribution in [2.45, 2.75) is 45.2 Å². The van der Waals surface area contributed by atoms with Gasteiger partial charge in [-0.25, -0.2) is 9.37 Å². The van der Waals surface area contributed by atoms with Gasteiger partial charge in [0.05, 0.1) is 16.7 Å². The Hall–Kier alpha value is -1.95. The highest BCUT2D eigenvalue weighted by molar-refractivity contribution is 7.13. The van der Waals surface area contributed by atoms with Crippen LogP contribution in [0.1, 0.15) is 39.6 Å². The van der Waals surface area contributed by atoms with Crippen molar-refractivity contribution in [3.63, 3.8) is 0 Å². The van der Waals surface area contributed by atoms with Gasteiger partial charge in [-0.05, 0) is 63.3 Å². The van der Waals surface area contributed by atoms with Crippen LogP contribution in [0.25, 0.3) is 0 Å². The number of thiazole rings is 1. The zero-order valence-electron chi connectivity index (χ0n) is 14.4. The Morgan fingerprint density at radius 2 is 2.08 bits per heavy atom. The van der Waals surface area contributed by atoms with Gasteiger partial charge in [-0.1, -0.05) is 0 Å². The van der Waals surface area contributed by atoms with E-state index in [1.54, 1.807) is 12.1 Å². The van der Waals surface area contributed by atoms with Gasteiger partial charge < -0.3 is 9.64 Å². The van der Waals surface area contributed by atoms with E-state index in [2.05, 4.69) is 4.98 Å². The van der Waals surface area contributed by atoms with Gasteiger partial charge in [-0.15, -0.1) is 11.3 Å². The van der Waals surface area contributed by atoms with Crippen LogP contribution >= 0.6 is 11.3 Å². The Labute approximate surface area is 150 Å². The molecule has 1 aliphatic carbocycles. The minimum Gasteiger partial charge on any atom is -0.491 e. The number of nitrogens with zero attached hydrogens (tertiary/aromatic N) is 2. The number of amides is 1. The van der Waals surface area contributed by atoms with E-state index >= 15 is 0 Å². The number of hydrogen-bond donors (Lipinski definition) is 0. The molecule has 1 saturated heterocycles. The van der Waals surface area contributed by atoms with E-state index in [0.717, 1.165) is 34.8 Å². The van der Waals surface area contributed by atoms with E-state index in [0.29, 0.717) is 24.3 Å². The van der Waals surface area contributed by atoms with E-state index in [1.165, 1.54) is 23.5 Å². The monoisotopic (exact) mass is 360 g/mol. The molecule has 6 heteroatoms. The fourth-order valence-electron chi connectivity index (χ4n) is 4.18. The van der Waals surface area contributed by atoms with Crippen molar-refractivity contribution in [2.75, 3.05) is 6.61 Å². The molecule has 1 aliphatic heterocycles. The molecule has 1 saturated carbocycles. The molecule has 3 atom stereocenters. The van der Waals surface area contributed by atoms with Crippen molar-refractivity contribution in [1.29, 1.82) is 0 Å². The molecule has 2 unspecified atom stereocenters. The number of aromatic nitrogens is 1. The molecule has 2 heterocycles. The summed E-state index contributed by atoms with van der Waals surface area (Å²) in [6.45, 7) is 4.28. The highest BCUT2D eigenvalue weighted by Gasteiger charge is 2.49. The second-order valence-corrected chi connectivity index (χ2v) is 8.12. The summed E-state index contributed by atoms with van der Waals surface area (Å²) in [4.78, 5) is 20.3. The predicted molar refractivity (Wildman–Crippen MR) is 94.6 cm³/mol. The quantitative estimate of drug-likeness (QED) is 0.828. The zero-order chi connectivity index (χ0) is 17.6. The fourth-order valence-corrected chi connectivity index (χ4v) is 5.05. The van der Waals surface area contributed by atoms with Gasteiger partial charge >= 0.3 is 0 Å². The zero-order valence-corrected chi connectivity index (χ0v) is 15.2. The molecular weight excluding hydrogens is 339 g/mol. The molecular formula is C19H21FN2O2S. The number of aryl methyl sites for hydroxylation is 2. The van der Waals surface area contributed by atoms with E-state index in [-0.39, 0.29) is 17.8 Å². The van der Waals surface area contributed by atoms with E-state index in [1.807, 2.05) is 18.7 Å². The molecule has 0 spiro atoms. The normalized spacial score (nSPS) is 24.8. The molecule has 1 amide bonds. The molecule has 2 fully saturated rings. The first-order valence-corrected chi connectivity index (χ1v) is 9.49. The first kappa shape index (κ1) is 16.5. The van der Waals surface area contributed by atoms with Gasteiger partial charge in [0.25, 0.3) is 5.91 Å². The van der Waals surface area contributed by atoms with Crippen LogP contribution in [-0.2, 0) is 0 Å². The van der Waals surface area contributed by atoms with Crippen LogP contribution in [0.15, 0.2) is 24.3 Å². The van der Waals surface area contributed by atoms with Gasteiger partial charge in [0.2, 0.25) is 0 Å². The molecule has 2 bridgehead atoms. The summed E-state index contributed by atoms with van der Waals surface area (Å²) in [5.74, 6) is 0.938. The summed E-state index contributed by atoms with van der Waals surface area (Å²) in [7, 11) is 0. The molecule has 4 nitrogen and oxygen atoms in total. The number of ether oxygens (including phenoxy) is 1. The first-order chi connectivity index (χ1) is 12.0. The lowest BCUT2D eigenvalue weighted by Crippen LogP contribution is -2.47. The lowest BCUT2D eigenvalue weighted by molar-refractivity contribution is 0.0509. The smallest absolute Gasteiger partial charge is 0.266 e. The Kier molecular flexibility index (Phi) is 4.23. The van der Waals surface area contributed by atoms with Crippen LogP contribution in [0.2, 0.25) is 0 Å². The third-order valence-electron chi connectivity index (χ3n) is 5.31. The van der Waals surface area contributed by atoms with Crippen LogP contribution in [0.5, 0.6) is 5.75 Å². The molecule has 2 aliphatic rings. The Balaban J connectivity index is 1.52. The number of piperidine rings is 1. The summed E-state index contributed by atoms with van der Waals surface area (Å²) in [5, 5.41) is 0.921. The average molecular weight is 360 g/mol. The van der Waals surface area contributed by atoms with E-state index in [4.69, 9.17) is 4.74 Å². The maximum Gasteiger partial charge on any atom is 0.266 e. The van der Waals surface area contributed by atoms with Gasteiger partial charge in [-0.2, -0.15) is 0 Å². The maximum atomic E-state index is 13.1. The van der Waals surface area contributed by atoms with Crippen LogP contribution in [0.4, 0.5) is 4.39 Å². The third-order valence-corrected chi connectivity index (χ3v) is 6.37. The van der Waals surface area contributed by atoms with Gasteiger partial charge in [-0.3, -0.25) is 4.79 Å². The van der Waals surface area contributed by atoms with Crippen LogP contribution in [-0.4, -0.2) is 34.5 Å². The number of carbonyl (C=O) groups is 1. The summed E-state index contributed by atoms with van der Waals surface area (Å²) in [6.07, 6.45) is 3.27. The van der Waals surface area contributed by atoms with Crippen LogP contribution < -0.4 is 4.74 Å². The molecule has 132 valence electrons. The second-order valence-electron chi connectivity index (χ2n) is 6.92. The topological polar surface area (TPSA) is 42.4 Å². The molecule has 4 rings (SSSR count). The van der Waals surface area contributed by atoms with Gasteiger partial charge in [0, 0.05) is 6.04 Å². The molecule has 2 aromatic rings. The second kappa shape index (κ2) is 6.41. The van der Waals surface area contributed by atoms with Crippen molar-refractivity contribution in [2.24, 2.45) is 5.92 Å². The highest BCUT2D eigenvalue weighted by atomic mass is 32.1. The Morgan fingerprint density at radius 3 is 2.76 bits per heavy atom. The minimum atomic E-state index is -0.278. The number of benzene rings is 1. The number of fused-ring (bicyclic) bond motifs is 2. The summed E-state index contributed by atoms with van der Waals surface area (Å²) < 4.78 is 18.9. The van der Waals surface area contributed by atoms with E-state index < -0.39 is 0 Å². The standard InChI is InChI=1S/C19H21FN2O2S/c1-11-18(25-12(2)21-11)19(23)22-15-6-3-13(9-15)17(22)10-24-16-7-4-14(20)5-8-16/h4-5,7-8,13,15,17H,3,6,9-10H2,1-2H3/t13?,15?,17-/m0/s1. The minimum absolute atomic E-state index is 0.0816. The van der Waals surface area contributed by atoms with Gasteiger partial charge in [0.15, 0.2) is 0 Å². The molecule has 25 heavy (non-hydrogen) atoms. The van der Waals surface area contributed by atoms with Crippen molar-refractivity contribution >= 4 is 17.2 Å². The Morgan fingerprint density at radius 1 is 1.32 bits per heavy atom. The lowest BCUT2D eigenvalue weighted by atomic mass is 9.99. The summed E-state index contributed by atoms with van der Waals surface area (Å²) in [6, 6.07) is 6.43. The van der Waals surface area contributed by atoms with Crippen molar-refractivity contribution < 1.29 is 13.9 Å². The predicted octanol–water partition coefficient (Wildman–Crippen LogP) is 3.97. The Bertz CT molecular complexity index is 789. The van der Waals surface area contributed by atoms with Gasteiger partial charge in [0.1, 0.15) is 23.1 Å². The van der Waals surface area contributed by atoms with Crippen molar-refractivity contribution in [1.82, 2.24) is 9.88 Å². The summed E-state index contributed by atoms with van der Waals surface area (Å²) in [5.41, 5.74) is 0.813. The first-order valence-electron chi connectivity index (χ1n) is 8.68. The molecule has 0 N–H and O–H groups in total. The number of hydrogen-bond acceptors (Lipinski definition) is 4. The lowest BCUT2D eigenvalue weighted by Gasteiger charge is -2.35. The molecule has 1 aromatic heterocycles.